The molecule has 1 saturated carbocycles. The van der Waals surface area contributed by atoms with Gasteiger partial charge in [0.05, 0.1) is 0 Å². The van der Waals surface area contributed by atoms with Crippen molar-refractivity contribution in [1.29, 1.82) is 0 Å². The van der Waals surface area contributed by atoms with Crippen molar-refractivity contribution in [3.05, 3.63) is 35.6 Å². The zero-order chi connectivity index (χ0) is 12.3. The molecule has 0 radical (unpaired) electrons. The van der Waals surface area contributed by atoms with E-state index in [2.05, 4.69) is 6.92 Å². The summed E-state index contributed by atoms with van der Waals surface area (Å²) in [5.74, 6) is 0.739. The van der Waals surface area contributed by atoms with Gasteiger partial charge in [-0.2, -0.15) is 0 Å². The zero-order valence-electron chi connectivity index (χ0n) is 10.3. The summed E-state index contributed by atoms with van der Waals surface area (Å²) < 4.78 is 13.4. The number of ketones is 1. The number of Topliss-reactive ketones (excluding diaryl/α,β-unsaturated/α-hetero) is 1. The highest BCUT2D eigenvalue weighted by molar-refractivity contribution is 5.83. The first-order valence-electron chi connectivity index (χ1n) is 6.43. The van der Waals surface area contributed by atoms with Crippen molar-refractivity contribution >= 4 is 5.78 Å². The first kappa shape index (κ1) is 12.3. The molecule has 1 fully saturated rings. The number of hydrogen-bond donors (Lipinski definition) is 0. The van der Waals surface area contributed by atoms with Gasteiger partial charge in [0.15, 0.2) is 0 Å². The Kier molecular flexibility index (Phi) is 3.93. The maximum atomic E-state index is 13.4. The van der Waals surface area contributed by atoms with Crippen molar-refractivity contribution in [3.8, 4) is 0 Å². The molecule has 17 heavy (non-hydrogen) atoms. The second-order valence-electron chi connectivity index (χ2n) is 5.20. The summed E-state index contributed by atoms with van der Waals surface area (Å²) >= 11 is 0. The van der Waals surface area contributed by atoms with Crippen molar-refractivity contribution in [3.63, 3.8) is 0 Å². The van der Waals surface area contributed by atoms with Crippen LogP contribution >= 0.6 is 0 Å². The Morgan fingerprint density at radius 3 is 2.82 bits per heavy atom. The summed E-state index contributed by atoms with van der Waals surface area (Å²) in [6.07, 6.45) is 4.58. The van der Waals surface area contributed by atoms with E-state index in [0.29, 0.717) is 11.5 Å². The molecule has 0 spiro atoms. The summed E-state index contributed by atoms with van der Waals surface area (Å²) in [5.41, 5.74) is 0.538. The van der Waals surface area contributed by atoms with Gasteiger partial charge in [0.2, 0.25) is 0 Å². The fraction of sp³-hybridized carbons (Fsp3) is 0.533. The molecule has 1 aromatic rings. The molecule has 0 N–H and O–H groups in total. The second-order valence-corrected chi connectivity index (χ2v) is 5.20. The molecular weight excluding hydrogens is 215 g/mol. The number of halogens is 1. The Labute approximate surface area is 102 Å². The van der Waals surface area contributed by atoms with Gasteiger partial charge in [-0.1, -0.05) is 38.0 Å². The van der Waals surface area contributed by atoms with Gasteiger partial charge in [0, 0.05) is 12.3 Å². The molecule has 2 rings (SSSR count). The summed E-state index contributed by atoms with van der Waals surface area (Å²) in [6.45, 7) is 2.20. The van der Waals surface area contributed by atoms with Crippen LogP contribution in [0.4, 0.5) is 4.39 Å². The Hall–Kier alpha value is -1.18. The van der Waals surface area contributed by atoms with E-state index in [-0.39, 0.29) is 23.9 Å². The van der Waals surface area contributed by atoms with E-state index in [0.717, 1.165) is 19.3 Å². The average Bonchev–Trinajstić information content (AvgIpc) is 2.32. The third-order valence-corrected chi connectivity index (χ3v) is 3.71. The van der Waals surface area contributed by atoms with Crippen LogP contribution in [-0.2, 0) is 11.2 Å². The molecule has 2 unspecified atom stereocenters. The van der Waals surface area contributed by atoms with Crippen LogP contribution in [0.1, 0.15) is 38.2 Å². The van der Waals surface area contributed by atoms with Crippen molar-refractivity contribution in [1.82, 2.24) is 0 Å². The topological polar surface area (TPSA) is 17.1 Å². The lowest BCUT2D eigenvalue weighted by molar-refractivity contribution is -0.123. The van der Waals surface area contributed by atoms with E-state index in [1.807, 2.05) is 0 Å². The van der Waals surface area contributed by atoms with Crippen LogP contribution in [0.15, 0.2) is 24.3 Å². The minimum Gasteiger partial charge on any atom is -0.299 e. The van der Waals surface area contributed by atoms with Crippen molar-refractivity contribution in [2.75, 3.05) is 0 Å². The van der Waals surface area contributed by atoms with Gasteiger partial charge < -0.3 is 0 Å². The first-order chi connectivity index (χ1) is 8.16. The summed E-state index contributed by atoms with van der Waals surface area (Å²) in [7, 11) is 0. The standard InChI is InChI=1S/C15H19FO/c1-11-5-4-7-13(9-11)15(17)10-12-6-2-3-8-14(12)16/h2-3,6,8,11,13H,4-5,7,9-10H2,1H3. The minimum absolute atomic E-state index is 0.151. The maximum absolute atomic E-state index is 13.4. The Balaban J connectivity index is 1.99. The number of hydrogen-bond acceptors (Lipinski definition) is 1. The molecule has 1 aliphatic rings. The van der Waals surface area contributed by atoms with E-state index in [1.54, 1.807) is 18.2 Å². The maximum Gasteiger partial charge on any atom is 0.140 e. The SMILES string of the molecule is CC1CCCC(C(=O)Cc2ccccc2F)C1. The van der Waals surface area contributed by atoms with E-state index < -0.39 is 0 Å². The monoisotopic (exact) mass is 234 g/mol. The number of benzene rings is 1. The van der Waals surface area contributed by atoms with Gasteiger partial charge in [-0.25, -0.2) is 4.39 Å². The van der Waals surface area contributed by atoms with E-state index in [9.17, 15) is 9.18 Å². The molecule has 0 aromatic heterocycles. The Bertz CT molecular complexity index is 400. The molecule has 0 heterocycles. The molecular formula is C15H19FO. The molecule has 2 atom stereocenters. The van der Waals surface area contributed by atoms with Gasteiger partial charge in [-0.3, -0.25) is 4.79 Å². The molecule has 1 nitrogen and oxygen atoms in total. The highest BCUT2D eigenvalue weighted by Crippen LogP contribution is 2.30. The molecule has 92 valence electrons. The zero-order valence-corrected chi connectivity index (χ0v) is 10.3. The molecule has 1 aliphatic carbocycles. The van der Waals surface area contributed by atoms with Crippen LogP contribution in [0.2, 0.25) is 0 Å². The van der Waals surface area contributed by atoms with Crippen LogP contribution in [0, 0.1) is 17.7 Å². The predicted molar refractivity (Wildman–Crippen MR) is 66.2 cm³/mol. The molecule has 0 bridgehead atoms. The predicted octanol–water partition coefficient (Wildman–Crippen LogP) is 3.76. The lowest BCUT2D eigenvalue weighted by Gasteiger charge is -2.25. The molecule has 0 saturated heterocycles. The highest BCUT2D eigenvalue weighted by atomic mass is 19.1. The third kappa shape index (κ3) is 3.15. The van der Waals surface area contributed by atoms with Gasteiger partial charge in [0.25, 0.3) is 0 Å². The van der Waals surface area contributed by atoms with Crippen LogP contribution in [0.3, 0.4) is 0 Å². The minimum atomic E-state index is -0.260. The van der Waals surface area contributed by atoms with Gasteiger partial charge in [-0.05, 0) is 30.4 Å². The fourth-order valence-corrected chi connectivity index (χ4v) is 2.70. The van der Waals surface area contributed by atoms with Gasteiger partial charge in [0.1, 0.15) is 11.6 Å². The number of carbonyl (C=O) groups is 1. The molecule has 0 amide bonds. The fourth-order valence-electron chi connectivity index (χ4n) is 2.70. The summed E-state index contributed by atoms with van der Waals surface area (Å²) in [6, 6.07) is 6.58. The normalized spacial score (nSPS) is 24.6. The lowest BCUT2D eigenvalue weighted by atomic mass is 9.79. The number of carbonyl (C=O) groups excluding carboxylic acids is 1. The van der Waals surface area contributed by atoms with E-state index in [4.69, 9.17) is 0 Å². The lowest BCUT2D eigenvalue weighted by Crippen LogP contribution is -2.23. The van der Waals surface area contributed by atoms with E-state index in [1.165, 1.54) is 12.5 Å². The number of rotatable bonds is 3. The molecule has 1 aromatic carbocycles. The summed E-state index contributed by atoms with van der Waals surface area (Å²) in [5, 5.41) is 0. The smallest absolute Gasteiger partial charge is 0.140 e. The van der Waals surface area contributed by atoms with Gasteiger partial charge in [-0.15, -0.1) is 0 Å². The van der Waals surface area contributed by atoms with Crippen LogP contribution in [0.25, 0.3) is 0 Å². The van der Waals surface area contributed by atoms with Gasteiger partial charge >= 0.3 is 0 Å². The second kappa shape index (κ2) is 5.44. The van der Waals surface area contributed by atoms with E-state index >= 15 is 0 Å². The average molecular weight is 234 g/mol. The highest BCUT2D eigenvalue weighted by Gasteiger charge is 2.25. The quantitative estimate of drug-likeness (QED) is 0.778. The Morgan fingerprint density at radius 1 is 1.35 bits per heavy atom. The first-order valence-corrected chi connectivity index (χ1v) is 6.43. The van der Waals surface area contributed by atoms with Crippen molar-refractivity contribution < 1.29 is 9.18 Å². The largest absolute Gasteiger partial charge is 0.299 e. The Morgan fingerprint density at radius 2 is 2.12 bits per heavy atom. The van der Waals surface area contributed by atoms with Crippen molar-refractivity contribution in [2.24, 2.45) is 11.8 Å². The summed E-state index contributed by atoms with van der Waals surface area (Å²) in [4.78, 5) is 12.1. The third-order valence-electron chi connectivity index (χ3n) is 3.71. The molecule has 0 aliphatic heterocycles. The van der Waals surface area contributed by atoms with Crippen LogP contribution < -0.4 is 0 Å². The van der Waals surface area contributed by atoms with Crippen LogP contribution in [0.5, 0.6) is 0 Å². The van der Waals surface area contributed by atoms with Crippen molar-refractivity contribution in [2.45, 2.75) is 39.0 Å². The van der Waals surface area contributed by atoms with Crippen LogP contribution in [-0.4, -0.2) is 5.78 Å². The molecule has 2 heteroatoms.